The highest BCUT2D eigenvalue weighted by molar-refractivity contribution is 5.83. The van der Waals surface area contributed by atoms with Crippen LogP contribution in [-0.4, -0.2) is 17.4 Å². The van der Waals surface area contributed by atoms with Gasteiger partial charge in [-0.3, -0.25) is 4.79 Å². The molecule has 21 heavy (non-hydrogen) atoms. The average molecular weight is 283 g/mol. The van der Waals surface area contributed by atoms with Gasteiger partial charge in [-0.05, 0) is 17.7 Å². The topological polar surface area (TPSA) is 83.3 Å². The summed E-state index contributed by atoms with van der Waals surface area (Å²) < 4.78 is 5.26. The maximum Gasteiger partial charge on any atom is 0.244 e. The van der Waals surface area contributed by atoms with Gasteiger partial charge in [0.05, 0.1) is 25.3 Å². The van der Waals surface area contributed by atoms with E-state index >= 15 is 0 Å². The van der Waals surface area contributed by atoms with Crippen LogP contribution in [-0.2, 0) is 11.3 Å². The smallest absolute Gasteiger partial charge is 0.244 e. The highest BCUT2D eigenvalue weighted by atomic mass is 16.3. The largest absolute Gasteiger partial charge is 0.467 e. The van der Waals surface area contributed by atoms with Crippen molar-refractivity contribution in [2.24, 2.45) is 5.73 Å². The second kappa shape index (κ2) is 7.27. The molecule has 1 atom stereocenters. The molecule has 1 aromatic heterocycles. The van der Waals surface area contributed by atoms with E-state index in [2.05, 4.69) is 0 Å². The highest BCUT2D eigenvalue weighted by Gasteiger charge is 2.23. The molecule has 2 aromatic rings. The summed E-state index contributed by atoms with van der Waals surface area (Å²) in [6, 6.07) is 14.1. The first-order valence-electron chi connectivity index (χ1n) is 6.71. The molecule has 0 saturated carbocycles. The van der Waals surface area contributed by atoms with Crippen molar-refractivity contribution in [1.29, 1.82) is 5.26 Å². The zero-order valence-electron chi connectivity index (χ0n) is 11.6. The number of benzene rings is 1. The minimum atomic E-state index is -0.736. The number of furan rings is 1. The highest BCUT2D eigenvalue weighted by Crippen LogP contribution is 2.15. The Morgan fingerprint density at radius 3 is 2.67 bits per heavy atom. The Balaban J connectivity index is 2.11. The predicted octanol–water partition coefficient (Wildman–Crippen LogP) is 2.22. The van der Waals surface area contributed by atoms with E-state index < -0.39 is 6.04 Å². The van der Waals surface area contributed by atoms with Gasteiger partial charge < -0.3 is 15.1 Å². The lowest BCUT2D eigenvalue weighted by atomic mass is 10.1. The number of nitrogens with two attached hydrogens (primary N) is 1. The molecule has 0 fully saturated rings. The van der Waals surface area contributed by atoms with E-state index in [1.807, 2.05) is 36.4 Å². The molecule has 1 aromatic carbocycles. The Labute approximate surface area is 123 Å². The van der Waals surface area contributed by atoms with Gasteiger partial charge in [0.25, 0.3) is 0 Å². The molecule has 5 heteroatoms. The van der Waals surface area contributed by atoms with Crippen molar-refractivity contribution in [1.82, 2.24) is 4.90 Å². The maximum atomic E-state index is 12.5. The molecule has 1 amide bonds. The van der Waals surface area contributed by atoms with E-state index in [-0.39, 0.29) is 12.3 Å². The summed E-state index contributed by atoms with van der Waals surface area (Å²) in [4.78, 5) is 14.1. The van der Waals surface area contributed by atoms with Gasteiger partial charge in [0.15, 0.2) is 0 Å². The fourth-order valence-electron chi connectivity index (χ4n) is 2.04. The lowest BCUT2D eigenvalue weighted by Gasteiger charge is -2.24. The van der Waals surface area contributed by atoms with Crippen LogP contribution in [0.5, 0.6) is 0 Å². The Morgan fingerprint density at radius 2 is 2.05 bits per heavy atom. The quantitative estimate of drug-likeness (QED) is 0.881. The second-order valence-corrected chi connectivity index (χ2v) is 4.64. The molecule has 0 bridgehead atoms. The summed E-state index contributed by atoms with van der Waals surface area (Å²) in [5.74, 6) is 0.453. The first-order valence-corrected chi connectivity index (χ1v) is 6.71. The summed E-state index contributed by atoms with van der Waals surface area (Å²) in [7, 11) is 0. The molecular formula is C16H17N3O2. The summed E-state index contributed by atoms with van der Waals surface area (Å²) in [6.45, 7) is 0.643. The number of amides is 1. The van der Waals surface area contributed by atoms with Crippen molar-refractivity contribution >= 4 is 5.91 Å². The summed E-state index contributed by atoms with van der Waals surface area (Å²) >= 11 is 0. The van der Waals surface area contributed by atoms with Crippen molar-refractivity contribution in [3.8, 4) is 6.07 Å². The zero-order valence-corrected chi connectivity index (χ0v) is 11.6. The van der Waals surface area contributed by atoms with Crippen molar-refractivity contribution in [2.45, 2.75) is 19.0 Å². The minimum absolute atomic E-state index is 0.215. The van der Waals surface area contributed by atoms with Gasteiger partial charge in [-0.2, -0.15) is 5.26 Å². The van der Waals surface area contributed by atoms with E-state index in [1.54, 1.807) is 23.3 Å². The van der Waals surface area contributed by atoms with Crippen molar-refractivity contribution in [3.05, 3.63) is 60.1 Å². The van der Waals surface area contributed by atoms with Gasteiger partial charge in [-0.25, -0.2) is 0 Å². The number of carbonyl (C=O) groups is 1. The summed E-state index contributed by atoms with van der Waals surface area (Å²) in [6.07, 6.45) is 1.81. The molecule has 0 spiro atoms. The summed E-state index contributed by atoms with van der Waals surface area (Å²) in [5, 5.41) is 8.74. The van der Waals surface area contributed by atoms with Gasteiger partial charge in [0, 0.05) is 6.54 Å². The van der Waals surface area contributed by atoms with Crippen molar-refractivity contribution in [2.75, 3.05) is 6.54 Å². The Hall–Kier alpha value is -2.58. The number of hydrogen-bond acceptors (Lipinski definition) is 4. The third kappa shape index (κ3) is 3.94. The molecule has 0 aliphatic heterocycles. The lowest BCUT2D eigenvalue weighted by molar-refractivity contribution is -0.133. The standard InChI is InChI=1S/C16H17N3O2/c17-9-5-10-19(12-14-8-4-11-21-14)16(20)15(18)13-6-2-1-3-7-13/h1-4,6-8,11,15H,5,10,12,18H2/t15-/m0/s1. The molecule has 0 unspecified atom stereocenters. The monoisotopic (exact) mass is 283 g/mol. The first kappa shape index (κ1) is 14.8. The maximum absolute atomic E-state index is 12.5. The van der Waals surface area contributed by atoms with Crippen molar-refractivity contribution < 1.29 is 9.21 Å². The van der Waals surface area contributed by atoms with Crippen LogP contribution < -0.4 is 5.73 Å². The number of hydrogen-bond donors (Lipinski definition) is 1. The molecule has 2 N–H and O–H groups in total. The van der Waals surface area contributed by atoms with Crippen LogP contribution >= 0.6 is 0 Å². The van der Waals surface area contributed by atoms with Crippen LogP contribution in [0.25, 0.3) is 0 Å². The van der Waals surface area contributed by atoms with E-state index in [1.165, 1.54) is 0 Å². The molecule has 2 rings (SSSR count). The van der Waals surface area contributed by atoms with Crippen LogP contribution in [0.3, 0.4) is 0 Å². The molecule has 0 aliphatic rings. The Morgan fingerprint density at radius 1 is 1.29 bits per heavy atom. The van der Waals surface area contributed by atoms with E-state index in [9.17, 15) is 4.79 Å². The van der Waals surface area contributed by atoms with Crippen LogP contribution in [0.15, 0.2) is 53.1 Å². The number of nitrogens with zero attached hydrogens (tertiary/aromatic N) is 2. The number of carbonyl (C=O) groups excluding carboxylic acids is 1. The molecule has 1 heterocycles. The van der Waals surface area contributed by atoms with Gasteiger partial charge in [0.1, 0.15) is 11.8 Å². The molecular weight excluding hydrogens is 266 g/mol. The van der Waals surface area contributed by atoms with Gasteiger partial charge in [0.2, 0.25) is 5.91 Å². The van der Waals surface area contributed by atoms with Gasteiger partial charge in [-0.15, -0.1) is 0 Å². The Bertz CT molecular complexity index is 602. The van der Waals surface area contributed by atoms with Crippen molar-refractivity contribution in [3.63, 3.8) is 0 Å². The number of rotatable bonds is 6. The SMILES string of the molecule is N#CCCN(Cc1ccco1)C(=O)[C@@H](N)c1ccccc1. The fourth-order valence-corrected chi connectivity index (χ4v) is 2.04. The van der Waals surface area contributed by atoms with Crippen LogP contribution in [0.2, 0.25) is 0 Å². The average Bonchev–Trinajstić information content (AvgIpc) is 3.04. The number of nitriles is 1. The molecule has 108 valence electrons. The lowest BCUT2D eigenvalue weighted by Crippen LogP contribution is -2.38. The molecule has 5 nitrogen and oxygen atoms in total. The van der Waals surface area contributed by atoms with Crippen LogP contribution in [0.1, 0.15) is 23.8 Å². The van der Waals surface area contributed by atoms with Crippen LogP contribution in [0, 0.1) is 11.3 Å². The molecule has 0 radical (unpaired) electrons. The Kier molecular flexibility index (Phi) is 5.13. The minimum Gasteiger partial charge on any atom is -0.467 e. The van der Waals surface area contributed by atoms with Gasteiger partial charge in [-0.1, -0.05) is 30.3 Å². The molecule has 0 saturated heterocycles. The van der Waals surface area contributed by atoms with E-state index in [0.717, 1.165) is 5.56 Å². The molecule has 0 aliphatic carbocycles. The third-order valence-electron chi connectivity index (χ3n) is 3.16. The fraction of sp³-hybridized carbons (Fsp3) is 0.250. The van der Waals surface area contributed by atoms with E-state index in [4.69, 9.17) is 15.4 Å². The summed E-state index contributed by atoms with van der Waals surface area (Å²) in [5.41, 5.74) is 6.79. The van der Waals surface area contributed by atoms with Crippen LogP contribution in [0.4, 0.5) is 0 Å². The third-order valence-corrected chi connectivity index (χ3v) is 3.16. The normalized spacial score (nSPS) is 11.6. The predicted molar refractivity (Wildman–Crippen MR) is 77.7 cm³/mol. The zero-order chi connectivity index (χ0) is 15.1. The first-order chi connectivity index (χ1) is 10.2. The second-order valence-electron chi connectivity index (χ2n) is 4.64. The van der Waals surface area contributed by atoms with E-state index in [0.29, 0.717) is 18.8 Å². The van der Waals surface area contributed by atoms with Gasteiger partial charge >= 0.3 is 0 Å².